The van der Waals surface area contributed by atoms with Gasteiger partial charge in [-0.05, 0) is 42.3 Å². The fourth-order valence-electron chi connectivity index (χ4n) is 2.78. The average Bonchev–Trinajstić information content (AvgIpc) is 3.14. The minimum atomic E-state index is 0.0242. The molecular weight excluding hydrogens is 290 g/mol. The molecule has 0 spiro atoms. The molecule has 0 aliphatic carbocycles. The van der Waals surface area contributed by atoms with Crippen LogP contribution in [0, 0.1) is 6.92 Å². The fourth-order valence-corrected chi connectivity index (χ4v) is 2.78. The third-order valence-corrected chi connectivity index (χ3v) is 4.00. The molecule has 1 aliphatic rings. The monoisotopic (exact) mass is 305 g/mol. The predicted molar refractivity (Wildman–Crippen MR) is 88.3 cm³/mol. The number of rotatable bonds is 2. The normalized spacial score (nSPS) is 13.0. The molecule has 6 nitrogen and oxygen atoms in total. The SMILES string of the molecule is Cc1ccc(N)cc1-n1cc(-c2ccc3c(c2)CC(=O)N3)nn1. The Hall–Kier alpha value is -3.15. The molecule has 2 aromatic carbocycles. The number of nitrogen functional groups attached to an aromatic ring is 1. The summed E-state index contributed by atoms with van der Waals surface area (Å²) in [6, 6.07) is 11.5. The second kappa shape index (κ2) is 4.95. The Morgan fingerprint density at radius 1 is 1.22 bits per heavy atom. The first-order valence-electron chi connectivity index (χ1n) is 7.32. The molecule has 3 N–H and O–H groups in total. The van der Waals surface area contributed by atoms with Crippen molar-refractivity contribution < 1.29 is 4.79 Å². The topological polar surface area (TPSA) is 85.8 Å². The molecule has 0 fully saturated rings. The molecule has 0 unspecified atom stereocenters. The number of aromatic nitrogens is 3. The first-order chi connectivity index (χ1) is 11.1. The number of hydrogen-bond acceptors (Lipinski definition) is 4. The van der Waals surface area contributed by atoms with Crippen LogP contribution in [0.4, 0.5) is 11.4 Å². The molecule has 0 saturated carbocycles. The molecule has 6 heteroatoms. The van der Waals surface area contributed by atoms with E-state index in [-0.39, 0.29) is 5.91 Å². The zero-order valence-electron chi connectivity index (χ0n) is 12.6. The zero-order valence-corrected chi connectivity index (χ0v) is 12.6. The maximum absolute atomic E-state index is 11.5. The number of fused-ring (bicyclic) bond motifs is 1. The number of anilines is 2. The standard InChI is InChI=1S/C17H15N5O/c1-10-2-4-13(18)8-16(10)22-9-15(20-21-22)11-3-5-14-12(6-11)7-17(23)19-14/h2-6,8-9H,7,18H2,1H3,(H,19,23). The van der Waals surface area contributed by atoms with E-state index in [0.29, 0.717) is 12.1 Å². The van der Waals surface area contributed by atoms with Crippen LogP contribution in [0.2, 0.25) is 0 Å². The lowest BCUT2D eigenvalue weighted by Crippen LogP contribution is -2.03. The number of nitrogens with two attached hydrogens (primary N) is 1. The van der Waals surface area contributed by atoms with Gasteiger partial charge < -0.3 is 11.1 Å². The first-order valence-corrected chi connectivity index (χ1v) is 7.32. The Kier molecular flexibility index (Phi) is 2.90. The molecule has 114 valence electrons. The zero-order chi connectivity index (χ0) is 16.0. The third-order valence-electron chi connectivity index (χ3n) is 4.00. The van der Waals surface area contributed by atoms with Gasteiger partial charge in [-0.2, -0.15) is 0 Å². The Morgan fingerprint density at radius 3 is 2.96 bits per heavy atom. The number of nitrogens with one attached hydrogen (secondary N) is 1. The Bertz CT molecular complexity index is 928. The van der Waals surface area contributed by atoms with Crippen molar-refractivity contribution in [3.63, 3.8) is 0 Å². The molecule has 4 rings (SSSR count). The van der Waals surface area contributed by atoms with Crippen molar-refractivity contribution >= 4 is 17.3 Å². The molecule has 1 aromatic heterocycles. The second-order valence-electron chi connectivity index (χ2n) is 5.69. The maximum Gasteiger partial charge on any atom is 0.228 e. The van der Waals surface area contributed by atoms with E-state index in [4.69, 9.17) is 5.73 Å². The quantitative estimate of drug-likeness (QED) is 0.711. The molecular formula is C17H15N5O. The van der Waals surface area contributed by atoms with Crippen molar-refractivity contribution in [3.05, 3.63) is 53.7 Å². The Labute approximate surface area is 132 Å². The molecule has 0 atom stereocenters. The summed E-state index contributed by atoms with van der Waals surface area (Å²) in [4.78, 5) is 11.5. The van der Waals surface area contributed by atoms with Crippen molar-refractivity contribution in [1.82, 2.24) is 15.0 Å². The highest BCUT2D eigenvalue weighted by Gasteiger charge is 2.18. The van der Waals surface area contributed by atoms with Crippen molar-refractivity contribution in [2.75, 3.05) is 11.1 Å². The van der Waals surface area contributed by atoms with E-state index in [0.717, 1.165) is 33.8 Å². The van der Waals surface area contributed by atoms with Crippen LogP contribution in [0.15, 0.2) is 42.6 Å². The maximum atomic E-state index is 11.5. The van der Waals surface area contributed by atoms with E-state index in [1.807, 2.05) is 49.5 Å². The molecule has 0 saturated heterocycles. The summed E-state index contributed by atoms with van der Waals surface area (Å²) in [5.74, 6) is 0.0242. The first kappa shape index (κ1) is 13.5. The summed E-state index contributed by atoms with van der Waals surface area (Å²) in [5.41, 5.74) is 12.1. The van der Waals surface area contributed by atoms with Gasteiger partial charge in [-0.15, -0.1) is 5.10 Å². The van der Waals surface area contributed by atoms with E-state index in [1.165, 1.54) is 0 Å². The average molecular weight is 305 g/mol. The van der Waals surface area contributed by atoms with E-state index < -0.39 is 0 Å². The minimum absolute atomic E-state index is 0.0242. The molecule has 0 bridgehead atoms. The van der Waals surface area contributed by atoms with Crippen LogP contribution in [0.25, 0.3) is 16.9 Å². The number of benzene rings is 2. The lowest BCUT2D eigenvalue weighted by Gasteiger charge is -2.05. The molecule has 23 heavy (non-hydrogen) atoms. The molecule has 3 aromatic rings. The van der Waals surface area contributed by atoms with E-state index in [2.05, 4.69) is 15.6 Å². The summed E-state index contributed by atoms with van der Waals surface area (Å²) >= 11 is 0. The van der Waals surface area contributed by atoms with Gasteiger partial charge in [0.25, 0.3) is 0 Å². The van der Waals surface area contributed by atoms with E-state index >= 15 is 0 Å². The largest absolute Gasteiger partial charge is 0.399 e. The summed E-state index contributed by atoms with van der Waals surface area (Å²) in [6.45, 7) is 2.00. The lowest BCUT2D eigenvalue weighted by molar-refractivity contribution is -0.115. The number of hydrogen-bond donors (Lipinski definition) is 2. The Morgan fingerprint density at radius 2 is 2.09 bits per heavy atom. The summed E-state index contributed by atoms with van der Waals surface area (Å²) in [6.07, 6.45) is 2.28. The Balaban J connectivity index is 1.73. The van der Waals surface area contributed by atoms with Crippen LogP contribution < -0.4 is 11.1 Å². The lowest BCUT2D eigenvalue weighted by atomic mass is 10.1. The van der Waals surface area contributed by atoms with Crippen LogP contribution in [-0.2, 0) is 11.2 Å². The predicted octanol–water partition coefficient (Wildman–Crippen LogP) is 2.32. The van der Waals surface area contributed by atoms with Gasteiger partial charge in [0.2, 0.25) is 5.91 Å². The van der Waals surface area contributed by atoms with Crippen LogP contribution >= 0.6 is 0 Å². The van der Waals surface area contributed by atoms with E-state index in [9.17, 15) is 4.79 Å². The number of carbonyl (C=O) groups is 1. The smallest absolute Gasteiger partial charge is 0.228 e. The van der Waals surface area contributed by atoms with Gasteiger partial charge in [-0.3, -0.25) is 4.79 Å². The van der Waals surface area contributed by atoms with Crippen LogP contribution in [0.3, 0.4) is 0 Å². The van der Waals surface area contributed by atoms with Crippen LogP contribution in [-0.4, -0.2) is 20.9 Å². The number of nitrogens with zero attached hydrogens (tertiary/aromatic N) is 3. The number of aryl methyl sites for hydroxylation is 1. The molecule has 0 radical (unpaired) electrons. The van der Waals surface area contributed by atoms with E-state index in [1.54, 1.807) is 4.68 Å². The van der Waals surface area contributed by atoms with Crippen molar-refractivity contribution in [2.24, 2.45) is 0 Å². The van der Waals surface area contributed by atoms with Crippen LogP contribution in [0.5, 0.6) is 0 Å². The molecule has 1 aliphatic heterocycles. The van der Waals surface area contributed by atoms with Crippen molar-refractivity contribution in [3.8, 4) is 16.9 Å². The summed E-state index contributed by atoms with van der Waals surface area (Å²) in [5, 5.41) is 11.3. The van der Waals surface area contributed by atoms with Crippen molar-refractivity contribution in [1.29, 1.82) is 0 Å². The molecule has 2 heterocycles. The highest BCUT2D eigenvalue weighted by Crippen LogP contribution is 2.28. The van der Waals surface area contributed by atoms with Crippen LogP contribution in [0.1, 0.15) is 11.1 Å². The van der Waals surface area contributed by atoms with Crippen molar-refractivity contribution in [2.45, 2.75) is 13.3 Å². The van der Waals surface area contributed by atoms with Gasteiger partial charge in [-0.25, -0.2) is 4.68 Å². The second-order valence-corrected chi connectivity index (χ2v) is 5.69. The summed E-state index contributed by atoms with van der Waals surface area (Å²) in [7, 11) is 0. The van der Waals surface area contributed by atoms with Gasteiger partial charge in [0.1, 0.15) is 5.69 Å². The minimum Gasteiger partial charge on any atom is -0.399 e. The van der Waals surface area contributed by atoms with Gasteiger partial charge in [-0.1, -0.05) is 17.3 Å². The van der Waals surface area contributed by atoms with Gasteiger partial charge in [0.15, 0.2) is 0 Å². The number of amides is 1. The third kappa shape index (κ3) is 2.34. The summed E-state index contributed by atoms with van der Waals surface area (Å²) < 4.78 is 1.72. The van der Waals surface area contributed by atoms with Gasteiger partial charge >= 0.3 is 0 Å². The fraction of sp³-hybridized carbons (Fsp3) is 0.118. The highest BCUT2D eigenvalue weighted by atomic mass is 16.1. The number of carbonyl (C=O) groups excluding carboxylic acids is 1. The van der Waals surface area contributed by atoms with Gasteiger partial charge in [0.05, 0.1) is 18.3 Å². The highest BCUT2D eigenvalue weighted by molar-refractivity contribution is 5.99. The molecule has 1 amide bonds. The van der Waals surface area contributed by atoms with Gasteiger partial charge in [0, 0.05) is 16.9 Å².